The fourth-order valence-corrected chi connectivity index (χ4v) is 3.29. The third-order valence-electron chi connectivity index (χ3n) is 4.64. The van der Waals surface area contributed by atoms with E-state index in [1.165, 1.54) is 18.4 Å². The van der Waals surface area contributed by atoms with Crippen molar-refractivity contribution < 1.29 is 0 Å². The number of hydrogen-bond donors (Lipinski definition) is 0. The van der Waals surface area contributed by atoms with Gasteiger partial charge < -0.3 is 9.47 Å². The summed E-state index contributed by atoms with van der Waals surface area (Å²) in [6.45, 7) is 4.22. The second-order valence-electron chi connectivity index (χ2n) is 6.53. The molecule has 2 aliphatic rings. The highest BCUT2D eigenvalue weighted by Crippen LogP contribution is 2.29. The summed E-state index contributed by atoms with van der Waals surface area (Å²) >= 11 is 0. The van der Waals surface area contributed by atoms with Crippen LogP contribution in [-0.2, 0) is 7.05 Å². The first kappa shape index (κ1) is 15.0. The Hall–Kier alpha value is -2.56. The minimum Gasteiger partial charge on any atom is -0.357 e. The molecule has 2 aromatic heterocycles. The van der Waals surface area contributed by atoms with Gasteiger partial charge in [-0.25, -0.2) is 4.68 Å². The highest BCUT2D eigenvalue weighted by molar-refractivity contribution is 6.04. The molecule has 0 bridgehead atoms. The second-order valence-corrected chi connectivity index (χ2v) is 6.53. The van der Waals surface area contributed by atoms with E-state index in [0.717, 1.165) is 42.4 Å². The van der Waals surface area contributed by atoms with Crippen LogP contribution in [0.3, 0.4) is 0 Å². The lowest BCUT2D eigenvalue weighted by Gasteiger charge is -2.13. The molecule has 5 nitrogen and oxygen atoms in total. The SMILES string of the molecule is CC1=CCC=C(n2nc(N3CCCC3)cc2-c2ccn(C)c2)C=N1. The number of anilines is 1. The van der Waals surface area contributed by atoms with E-state index < -0.39 is 0 Å². The summed E-state index contributed by atoms with van der Waals surface area (Å²) < 4.78 is 4.11. The standard InChI is InChI=1S/C19H23N5/c1-15-6-5-7-17(13-20-15)24-18(16-8-11-22(2)14-16)12-19(21-24)23-9-3-4-10-23/h6-8,11-14H,3-5,9-10H2,1-2H3. The molecular weight excluding hydrogens is 298 g/mol. The molecule has 0 unspecified atom stereocenters. The Balaban J connectivity index is 1.79. The number of aliphatic imine (C=N–C) groups is 1. The Bertz CT molecular complexity index is 828. The van der Waals surface area contributed by atoms with Crippen molar-refractivity contribution in [3.8, 4) is 11.3 Å². The number of nitrogens with zero attached hydrogens (tertiary/aromatic N) is 5. The minimum absolute atomic E-state index is 0.883. The van der Waals surface area contributed by atoms with Crippen LogP contribution in [0.4, 0.5) is 5.82 Å². The molecule has 0 spiro atoms. The van der Waals surface area contributed by atoms with Crippen molar-refractivity contribution in [1.29, 1.82) is 0 Å². The average molecular weight is 321 g/mol. The highest BCUT2D eigenvalue weighted by Gasteiger charge is 2.20. The van der Waals surface area contributed by atoms with Gasteiger partial charge in [0, 0.05) is 49.9 Å². The number of aromatic nitrogens is 3. The predicted molar refractivity (Wildman–Crippen MR) is 99.2 cm³/mol. The molecule has 124 valence electrons. The van der Waals surface area contributed by atoms with E-state index in [4.69, 9.17) is 5.10 Å². The molecule has 1 saturated heterocycles. The summed E-state index contributed by atoms with van der Waals surface area (Å²) in [5, 5.41) is 4.92. The molecule has 2 aliphatic heterocycles. The van der Waals surface area contributed by atoms with Crippen molar-refractivity contribution in [3.63, 3.8) is 0 Å². The van der Waals surface area contributed by atoms with Crippen LogP contribution in [-0.4, -0.2) is 33.7 Å². The van der Waals surface area contributed by atoms with Crippen LogP contribution in [0, 0.1) is 0 Å². The van der Waals surface area contributed by atoms with E-state index in [9.17, 15) is 0 Å². The lowest BCUT2D eigenvalue weighted by molar-refractivity contribution is 0.868. The Labute approximate surface area is 142 Å². The first-order chi connectivity index (χ1) is 11.7. The van der Waals surface area contributed by atoms with Crippen molar-refractivity contribution in [3.05, 3.63) is 42.4 Å². The maximum absolute atomic E-state index is 4.92. The third kappa shape index (κ3) is 2.82. The van der Waals surface area contributed by atoms with Crippen LogP contribution >= 0.6 is 0 Å². The van der Waals surface area contributed by atoms with Crippen LogP contribution in [0.1, 0.15) is 26.2 Å². The van der Waals surface area contributed by atoms with Gasteiger partial charge >= 0.3 is 0 Å². The zero-order valence-corrected chi connectivity index (χ0v) is 14.3. The average Bonchev–Trinajstić information content (AvgIpc) is 3.28. The maximum atomic E-state index is 4.92. The molecule has 2 aromatic rings. The molecule has 0 saturated carbocycles. The fraction of sp³-hybridized carbons (Fsp3) is 0.368. The highest BCUT2D eigenvalue weighted by atomic mass is 15.4. The van der Waals surface area contributed by atoms with Crippen LogP contribution in [0.2, 0.25) is 0 Å². The first-order valence-electron chi connectivity index (χ1n) is 8.59. The van der Waals surface area contributed by atoms with Gasteiger partial charge in [-0.2, -0.15) is 0 Å². The number of allylic oxidation sites excluding steroid dienone is 4. The first-order valence-corrected chi connectivity index (χ1v) is 8.59. The van der Waals surface area contributed by atoms with E-state index in [1.54, 1.807) is 0 Å². The van der Waals surface area contributed by atoms with Crippen molar-refractivity contribution >= 4 is 17.7 Å². The number of hydrogen-bond acceptors (Lipinski definition) is 3. The molecule has 0 aromatic carbocycles. The zero-order valence-electron chi connectivity index (χ0n) is 14.3. The molecular formula is C19H23N5. The molecule has 4 rings (SSSR count). The molecule has 0 amide bonds. The fourth-order valence-electron chi connectivity index (χ4n) is 3.29. The Kier molecular flexibility index (Phi) is 3.84. The molecule has 4 heterocycles. The summed E-state index contributed by atoms with van der Waals surface area (Å²) in [4.78, 5) is 6.89. The monoisotopic (exact) mass is 321 g/mol. The summed E-state index contributed by atoms with van der Waals surface area (Å²) in [7, 11) is 2.05. The van der Waals surface area contributed by atoms with Gasteiger partial charge in [-0.15, -0.1) is 5.10 Å². The van der Waals surface area contributed by atoms with Crippen molar-refractivity contribution in [2.24, 2.45) is 12.0 Å². The van der Waals surface area contributed by atoms with Gasteiger partial charge in [0.25, 0.3) is 0 Å². The van der Waals surface area contributed by atoms with Gasteiger partial charge in [0.1, 0.15) is 0 Å². The lowest BCUT2D eigenvalue weighted by Crippen LogP contribution is -2.18. The van der Waals surface area contributed by atoms with Crippen LogP contribution in [0.5, 0.6) is 0 Å². The molecule has 0 radical (unpaired) electrons. The third-order valence-corrected chi connectivity index (χ3v) is 4.64. The van der Waals surface area contributed by atoms with Gasteiger partial charge in [-0.1, -0.05) is 12.2 Å². The van der Waals surface area contributed by atoms with E-state index in [0.29, 0.717) is 0 Å². The van der Waals surface area contributed by atoms with Crippen LogP contribution < -0.4 is 4.90 Å². The Morgan fingerprint density at radius 3 is 2.71 bits per heavy atom. The smallest absolute Gasteiger partial charge is 0.151 e. The zero-order chi connectivity index (χ0) is 16.5. The summed E-state index contributed by atoms with van der Waals surface area (Å²) in [6, 6.07) is 4.35. The normalized spacial score (nSPS) is 17.8. The van der Waals surface area contributed by atoms with E-state index in [1.807, 2.05) is 24.9 Å². The van der Waals surface area contributed by atoms with Gasteiger partial charge in [0.2, 0.25) is 0 Å². The van der Waals surface area contributed by atoms with Crippen molar-refractivity contribution in [2.45, 2.75) is 26.2 Å². The molecule has 5 heteroatoms. The summed E-state index contributed by atoms with van der Waals surface area (Å²) in [5.74, 6) is 1.06. The number of rotatable bonds is 3. The largest absolute Gasteiger partial charge is 0.357 e. The van der Waals surface area contributed by atoms with Crippen molar-refractivity contribution in [2.75, 3.05) is 18.0 Å². The Morgan fingerprint density at radius 1 is 1.12 bits per heavy atom. The molecule has 0 aliphatic carbocycles. The summed E-state index contributed by atoms with van der Waals surface area (Å²) in [6.07, 6.45) is 13.8. The van der Waals surface area contributed by atoms with Gasteiger partial charge in [-0.3, -0.25) is 4.99 Å². The quantitative estimate of drug-likeness (QED) is 0.864. The van der Waals surface area contributed by atoms with Crippen LogP contribution in [0.25, 0.3) is 17.0 Å². The van der Waals surface area contributed by atoms with Crippen molar-refractivity contribution in [1.82, 2.24) is 14.3 Å². The summed E-state index contributed by atoms with van der Waals surface area (Å²) in [5.41, 5.74) is 4.38. The van der Waals surface area contributed by atoms with Gasteiger partial charge in [0.05, 0.1) is 17.6 Å². The topological polar surface area (TPSA) is 38.4 Å². The van der Waals surface area contributed by atoms with Crippen LogP contribution in [0.15, 0.2) is 47.4 Å². The molecule has 0 N–H and O–H groups in total. The second kappa shape index (κ2) is 6.15. The maximum Gasteiger partial charge on any atom is 0.151 e. The molecule has 0 atom stereocenters. The predicted octanol–water partition coefficient (Wildman–Crippen LogP) is 3.71. The van der Waals surface area contributed by atoms with Gasteiger partial charge in [-0.05, 0) is 32.3 Å². The number of aryl methyl sites for hydroxylation is 1. The minimum atomic E-state index is 0.883. The lowest BCUT2D eigenvalue weighted by atomic mass is 10.2. The van der Waals surface area contributed by atoms with E-state index in [2.05, 4.69) is 51.1 Å². The van der Waals surface area contributed by atoms with Gasteiger partial charge in [0.15, 0.2) is 5.82 Å². The Morgan fingerprint density at radius 2 is 1.96 bits per heavy atom. The molecule has 24 heavy (non-hydrogen) atoms. The van der Waals surface area contributed by atoms with E-state index >= 15 is 0 Å². The molecule has 1 fully saturated rings. The van der Waals surface area contributed by atoms with E-state index in [-0.39, 0.29) is 0 Å².